The topological polar surface area (TPSA) is 103 Å². The number of benzene rings is 1. The van der Waals surface area contributed by atoms with Gasteiger partial charge in [-0.25, -0.2) is 4.68 Å². The molecule has 0 atom stereocenters. The van der Waals surface area contributed by atoms with Crippen LogP contribution in [-0.4, -0.2) is 16.8 Å². The van der Waals surface area contributed by atoms with Crippen LogP contribution in [0.3, 0.4) is 0 Å². The standard InChI is InChI=1S/C12H10N6/c1-16-12-10(7-14)11(15)18(17-12)9-4-2-3-8(5-9)6-13/h2-5H,15H2,1H3,(H,16,17). The minimum absolute atomic E-state index is 0.247. The third-order valence-corrected chi connectivity index (χ3v) is 2.49. The van der Waals surface area contributed by atoms with Crippen LogP contribution in [0.1, 0.15) is 11.1 Å². The lowest BCUT2D eigenvalue weighted by molar-refractivity contribution is 0.893. The molecule has 0 spiro atoms. The molecule has 6 nitrogen and oxygen atoms in total. The molecule has 0 fully saturated rings. The largest absolute Gasteiger partial charge is 0.382 e. The summed E-state index contributed by atoms with van der Waals surface area (Å²) in [6.07, 6.45) is 0. The molecule has 88 valence electrons. The molecule has 0 saturated heterocycles. The number of hydrogen-bond donors (Lipinski definition) is 2. The van der Waals surface area contributed by atoms with Crippen LogP contribution in [-0.2, 0) is 0 Å². The van der Waals surface area contributed by atoms with Crippen molar-refractivity contribution in [2.45, 2.75) is 0 Å². The fourth-order valence-electron chi connectivity index (χ4n) is 1.62. The van der Waals surface area contributed by atoms with Crippen molar-refractivity contribution in [3.8, 4) is 17.8 Å². The molecule has 2 rings (SSSR count). The first-order chi connectivity index (χ1) is 8.71. The highest BCUT2D eigenvalue weighted by Crippen LogP contribution is 2.23. The highest BCUT2D eigenvalue weighted by molar-refractivity contribution is 5.66. The number of nitrogens with one attached hydrogen (secondary N) is 1. The Morgan fingerprint density at radius 1 is 1.33 bits per heavy atom. The molecule has 1 aromatic carbocycles. The second-order valence-corrected chi connectivity index (χ2v) is 3.54. The Balaban J connectivity index is 2.62. The predicted octanol–water partition coefficient (Wildman–Crippen LogP) is 1.24. The minimum Gasteiger partial charge on any atom is -0.382 e. The summed E-state index contributed by atoms with van der Waals surface area (Å²) in [6, 6.07) is 10.9. The van der Waals surface area contributed by atoms with E-state index in [2.05, 4.69) is 10.4 Å². The van der Waals surface area contributed by atoms with Crippen molar-refractivity contribution in [3.05, 3.63) is 35.4 Å². The molecule has 2 aromatic rings. The number of nitrogen functional groups attached to an aromatic ring is 1. The lowest BCUT2D eigenvalue weighted by atomic mass is 10.2. The third kappa shape index (κ3) is 1.72. The monoisotopic (exact) mass is 238 g/mol. The van der Waals surface area contributed by atoms with Crippen molar-refractivity contribution < 1.29 is 0 Å². The van der Waals surface area contributed by atoms with Gasteiger partial charge in [0.25, 0.3) is 0 Å². The van der Waals surface area contributed by atoms with Crippen molar-refractivity contribution in [2.24, 2.45) is 0 Å². The third-order valence-electron chi connectivity index (χ3n) is 2.49. The Bertz CT molecular complexity index is 671. The zero-order valence-corrected chi connectivity index (χ0v) is 9.68. The Morgan fingerprint density at radius 2 is 2.11 bits per heavy atom. The molecule has 0 aliphatic heterocycles. The van der Waals surface area contributed by atoms with E-state index in [1.54, 1.807) is 31.3 Å². The van der Waals surface area contributed by atoms with Gasteiger partial charge in [0, 0.05) is 7.05 Å². The quantitative estimate of drug-likeness (QED) is 0.819. The fraction of sp³-hybridized carbons (Fsp3) is 0.0833. The van der Waals surface area contributed by atoms with E-state index in [1.165, 1.54) is 4.68 Å². The molecule has 1 aromatic heterocycles. The van der Waals surface area contributed by atoms with Gasteiger partial charge in [-0.15, -0.1) is 5.10 Å². The summed E-state index contributed by atoms with van der Waals surface area (Å²) in [4.78, 5) is 0. The maximum absolute atomic E-state index is 9.02. The maximum atomic E-state index is 9.02. The van der Waals surface area contributed by atoms with E-state index in [-0.39, 0.29) is 5.82 Å². The van der Waals surface area contributed by atoms with Crippen LogP contribution in [0.25, 0.3) is 5.69 Å². The lowest BCUT2D eigenvalue weighted by Crippen LogP contribution is -2.02. The zero-order chi connectivity index (χ0) is 13.1. The molecular formula is C12H10N6. The van der Waals surface area contributed by atoms with Crippen LogP contribution in [0.15, 0.2) is 24.3 Å². The van der Waals surface area contributed by atoms with Crippen molar-refractivity contribution in [1.82, 2.24) is 9.78 Å². The number of anilines is 2. The summed E-state index contributed by atoms with van der Waals surface area (Å²) in [6.45, 7) is 0. The van der Waals surface area contributed by atoms with E-state index in [9.17, 15) is 0 Å². The van der Waals surface area contributed by atoms with Gasteiger partial charge in [-0.1, -0.05) is 6.07 Å². The number of nitriles is 2. The summed E-state index contributed by atoms with van der Waals surface area (Å²) in [5.41, 5.74) is 7.31. The van der Waals surface area contributed by atoms with E-state index in [1.807, 2.05) is 12.1 Å². The summed E-state index contributed by atoms with van der Waals surface area (Å²) in [7, 11) is 1.67. The molecule has 0 radical (unpaired) electrons. The van der Waals surface area contributed by atoms with Crippen LogP contribution >= 0.6 is 0 Å². The van der Waals surface area contributed by atoms with Gasteiger partial charge in [-0.05, 0) is 18.2 Å². The second kappa shape index (κ2) is 4.48. The van der Waals surface area contributed by atoms with Gasteiger partial charge in [-0.3, -0.25) is 0 Å². The average molecular weight is 238 g/mol. The van der Waals surface area contributed by atoms with Gasteiger partial charge >= 0.3 is 0 Å². The van der Waals surface area contributed by atoms with Gasteiger partial charge in [0.1, 0.15) is 17.5 Å². The highest BCUT2D eigenvalue weighted by Gasteiger charge is 2.15. The number of aromatic nitrogens is 2. The molecule has 0 aliphatic rings. The molecule has 6 heteroatoms. The minimum atomic E-state index is 0.247. The van der Waals surface area contributed by atoms with Crippen molar-refractivity contribution in [1.29, 1.82) is 10.5 Å². The van der Waals surface area contributed by atoms with Crippen LogP contribution in [0, 0.1) is 22.7 Å². The van der Waals surface area contributed by atoms with Crippen molar-refractivity contribution in [2.75, 3.05) is 18.1 Å². The molecule has 0 saturated carbocycles. The van der Waals surface area contributed by atoms with Crippen molar-refractivity contribution >= 4 is 11.6 Å². The fourth-order valence-corrected chi connectivity index (χ4v) is 1.62. The lowest BCUT2D eigenvalue weighted by Gasteiger charge is -2.03. The van der Waals surface area contributed by atoms with Gasteiger partial charge in [0.05, 0.1) is 17.3 Å². The highest BCUT2D eigenvalue weighted by atomic mass is 15.3. The molecule has 0 amide bonds. The number of nitrogens with two attached hydrogens (primary N) is 1. The van der Waals surface area contributed by atoms with Gasteiger partial charge in [0.15, 0.2) is 5.82 Å². The van der Waals surface area contributed by atoms with Gasteiger partial charge < -0.3 is 11.1 Å². The molecule has 0 unspecified atom stereocenters. The van der Waals surface area contributed by atoms with E-state index in [4.69, 9.17) is 16.3 Å². The summed E-state index contributed by atoms with van der Waals surface area (Å²) in [5, 5.41) is 24.9. The van der Waals surface area contributed by atoms with E-state index in [0.29, 0.717) is 22.6 Å². The van der Waals surface area contributed by atoms with Gasteiger partial charge in [0.2, 0.25) is 0 Å². The number of rotatable bonds is 2. The normalized spacial score (nSPS) is 9.50. The van der Waals surface area contributed by atoms with Crippen LogP contribution in [0.5, 0.6) is 0 Å². The Morgan fingerprint density at radius 3 is 2.67 bits per heavy atom. The van der Waals surface area contributed by atoms with Crippen LogP contribution in [0.2, 0.25) is 0 Å². The molecule has 18 heavy (non-hydrogen) atoms. The number of nitrogens with zero attached hydrogens (tertiary/aromatic N) is 4. The Labute approximate surface area is 104 Å². The van der Waals surface area contributed by atoms with Crippen molar-refractivity contribution in [3.63, 3.8) is 0 Å². The van der Waals surface area contributed by atoms with Crippen LogP contribution in [0.4, 0.5) is 11.6 Å². The molecular weight excluding hydrogens is 228 g/mol. The summed E-state index contributed by atoms with van der Waals surface area (Å²) >= 11 is 0. The van der Waals surface area contributed by atoms with E-state index >= 15 is 0 Å². The summed E-state index contributed by atoms with van der Waals surface area (Å²) in [5.74, 6) is 0.661. The number of hydrogen-bond acceptors (Lipinski definition) is 5. The van der Waals surface area contributed by atoms with E-state index in [0.717, 1.165) is 0 Å². The molecule has 0 bridgehead atoms. The van der Waals surface area contributed by atoms with Gasteiger partial charge in [-0.2, -0.15) is 10.5 Å². The molecule has 0 aliphatic carbocycles. The maximum Gasteiger partial charge on any atom is 0.168 e. The Hall–Kier alpha value is -2.99. The Kier molecular flexibility index (Phi) is 2.86. The second-order valence-electron chi connectivity index (χ2n) is 3.54. The zero-order valence-electron chi connectivity index (χ0n) is 9.68. The smallest absolute Gasteiger partial charge is 0.168 e. The van der Waals surface area contributed by atoms with Crippen LogP contribution < -0.4 is 11.1 Å². The predicted molar refractivity (Wildman–Crippen MR) is 67.0 cm³/mol. The SMILES string of the molecule is CNc1nn(-c2cccc(C#N)c2)c(N)c1C#N. The van der Waals surface area contributed by atoms with E-state index < -0.39 is 0 Å². The molecule has 3 N–H and O–H groups in total. The average Bonchev–Trinajstić information content (AvgIpc) is 2.75. The summed E-state index contributed by atoms with van der Waals surface area (Å²) < 4.78 is 1.44. The first-order valence-electron chi connectivity index (χ1n) is 5.18. The first kappa shape index (κ1) is 11.5. The first-order valence-corrected chi connectivity index (χ1v) is 5.18. The molecule has 1 heterocycles.